The Morgan fingerprint density at radius 3 is 2.82 bits per heavy atom. The van der Waals surface area contributed by atoms with Crippen LogP contribution in [0.3, 0.4) is 0 Å². The van der Waals surface area contributed by atoms with Crippen molar-refractivity contribution in [3.63, 3.8) is 0 Å². The number of hydrogen-bond acceptors (Lipinski definition) is 5. The van der Waals surface area contributed by atoms with Crippen LogP contribution < -0.4 is 9.47 Å². The number of carbonyl (C=O) groups is 1. The Kier molecular flexibility index (Phi) is 4.82. The van der Waals surface area contributed by atoms with Gasteiger partial charge in [0.15, 0.2) is 11.5 Å². The third-order valence-electron chi connectivity index (χ3n) is 11.1. The maximum Gasteiger partial charge on any atom is 0.320 e. The second kappa shape index (κ2) is 7.90. The molecule has 0 radical (unpaired) electrons. The van der Waals surface area contributed by atoms with E-state index in [9.17, 15) is 4.79 Å². The largest absolute Gasteiger partial charge is 0.493 e. The van der Waals surface area contributed by atoms with Crippen LogP contribution in [0.2, 0.25) is 0 Å². The van der Waals surface area contributed by atoms with Crippen LogP contribution in [0.1, 0.15) is 55.3 Å². The quantitative estimate of drug-likeness (QED) is 0.607. The minimum Gasteiger partial charge on any atom is -0.493 e. The highest BCUT2D eigenvalue weighted by atomic mass is 16.5. The first-order valence-electron chi connectivity index (χ1n) is 14.6. The molecule has 3 aliphatic carbocycles. The minimum atomic E-state index is -0.0350. The monoisotopic (exact) mass is 517 g/mol. The van der Waals surface area contributed by atoms with Crippen LogP contribution in [-0.2, 0) is 25.4 Å². The lowest BCUT2D eigenvalue weighted by atomic mass is 9.42. The highest BCUT2D eigenvalue weighted by molar-refractivity contribution is 5.75. The molecule has 5 atom stereocenters. The molecule has 8 nitrogen and oxygen atoms in total. The molecule has 202 valence electrons. The Labute approximate surface area is 224 Å². The third kappa shape index (κ3) is 2.90. The van der Waals surface area contributed by atoms with Gasteiger partial charge in [-0.25, -0.2) is 4.79 Å². The molecule has 4 aliphatic heterocycles. The number of methoxy groups -OCH3 is 1. The molecule has 8 heteroatoms. The first-order chi connectivity index (χ1) is 18.4. The molecule has 2 amide bonds. The van der Waals surface area contributed by atoms with Crippen molar-refractivity contribution in [1.29, 1.82) is 0 Å². The number of amides is 2. The molecule has 0 N–H and O–H groups in total. The molecule has 5 fully saturated rings. The summed E-state index contributed by atoms with van der Waals surface area (Å²) in [6.45, 7) is 3.70. The van der Waals surface area contributed by atoms with Crippen molar-refractivity contribution in [2.75, 3.05) is 33.8 Å². The summed E-state index contributed by atoms with van der Waals surface area (Å²) in [4.78, 5) is 21.0. The second-order valence-corrected chi connectivity index (χ2v) is 12.9. The predicted molar refractivity (Wildman–Crippen MR) is 142 cm³/mol. The van der Waals surface area contributed by atoms with Gasteiger partial charge in [-0.2, -0.15) is 5.10 Å². The van der Waals surface area contributed by atoms with Gasteiger partial charge in [0.25, 0.3) is 0 Å². The zero-order valence-electron chi connectivity index (χ0n) is 22.9. The normalized spacial score (nSPS) is 34.5. The SMILES string of the molecule is COc1ccc2c3c1O[C@H]1[C@H]4CC[C@@]5(CCN4C(=O)N(C)Cc4ccn(C)n4)[C@@H](C2)N(CC2CC2)CC[C@]315. The number of rotatable bonds is 5. The highest BCUT2D eigenvalue weighted by Gasteiger charge is 2.74. The smallest absolute Gasteiger partial charge is 0.320 e. The molecule has 2 spiro atoms. The molecule has 2 aromatic rings. The Hall–Kier alpha value is -2.74. The first kappa shape index (κ1) is 23.2. The molecule has 38 heavy (non-hydrogen) atoms. The van der Waals surface area contributed by atoms with Gasteiger partial charge in [-0.1, -0.05) is 6.07 Å². The number of aromatic nitrogens is 2. The van der Waals surface area contributed by atoms with Gasteiger partial charge in [0.05, 0.1) is 25.4 Å². The summed E-state index contributed by atoms with van der Waals surface area (Å²) in [6, 6.07) is 7.12. The molecule has 7 aliphatic rings. The van der Waals surface area contributed by atoms with E-state index in [4.69, 9.17) is 9.47 Å². The zero-order valence-corrected chi connectivity index (χ0v) is 22.9. The summed E-state index contributed by atoms with van der Waals surface area (Å²) in [5, 5.41) is 4.51. The molecule has 5 heterocycles. The van der Waals surface area contributed by atoms with Gasteiger partial charge in [-0.3, -0.25) is 9.58 Å². The zero-order chi connectivity index (χ0) is 25.8. The van der Waals surface area contributed by atoms with E-state index < -0.39 is 0 Å². The van der Waals surface area contributed by atoms with Crippen molar-refractivity contribution < 1.29 is 14.3 Å². The Morgan fingerprint density at radius 2 is 2.05 bits per heavy atom. The topological polar surface area (TPSA) is 63.1 Å². The molecule has 1 aromatic carbocycles. The van der Waals surface area contributed by atoms with E-state index in [0.717, 1.165) is 61.9 Å². The molecular formula is C30H39N5O3. The van der Waals surface area contributed by atoms with Gasteiger partial charge >= 0.3 is 6.03 Å². The molecule has 2 saturated carbocycles. The Balaban J connectivity index is 1.21. The van der Waals surface area contributed by atoms with E-state index in [-0.39, 0.29) is 29.0 Å². The van der Waals surface area contributed by atoms with Crippen LogP contribution >= 0.6 is 0 Å². The van der Waals surface area contributed by atoms with Crippen molar-refractivity contribution in [2.45, 2.75) is 75.1 Å². The van der Waals surface area contributed by atoms with Crippen LogP contribution in [0.4, 0.5) is 4.79 Å². The fourth-order valence-corrected chi connectivity index (χ4v) is 9.45. The molecule has 0 unspecified atom stereocenters. The van der Waals surface area contributed by atoms with Crippen LogP contribution in [0.25, 0.3) is 0 Å². The fraction of sp³-hybridized carbons (Fsp3) is 0.667. The second-order valence-electron chi connectivity index (χ2n) is 12.9. The standard InChI is InChI=1S/C30H39N5O3/c1-32(18-21-9-13-33(2)31-21)28(36)35-15-11-29-10-8-22(35)27-30(29)12-14-34(17-19-4-5-19)24(29)16-20-6-7-23(37-3)26(38-27)25(20)30/h6-7,9,13,19,22,24,27H,4-5,8,10-12,14-18H2,1-3H3/t22-,24-,27+,29-,30+/m1/s1. The van der Waals surface area contributed by atoms with E-state index in [1.807, 2.05) is 31.3 Å². The van der Waals surface area contributed by atoms with Gasteiger partial charge < -0.3 is 19.3 Å². The number of nitrogens with zero attached hydrogens (tertiary/aromatic N) is 5. The van der Waals surface area contributed by atoms with Gasteiger partial charge in [0.2, 0.25) is 0 Å². The van der Waals surface area contributed by atoms with Crippen LogP contribution in [0.15, 0.2) is 24.4 Å². The molecular weight excluding hydrogens is 478 g/mol. The highest BCUT2D eigenvalue weighted by Crippen LogP contribution is 2.71. The van der Waals surface area contributed by atoms with Gasteiger partial charge in [-0.15, -0.1) is 0 Å². The van der Waals surface area contributed by atoms with E-state index >= 15 is 0 Å². The average molecular weight is 518 g/mol. The number of hydrogen-bond donors (Lipinski definition) is 0. The Morgan fingerprint density at radius 1 is 1.18 bits per heavy atom. The molecule has 3 saturated heterocycles. The number of urea groups is 1. The van der Waals surface area contributed by atoms with Crippen molar-refractivity contribution in [3.8, 4) is 11.5 Å². The number of fused-ring (bicyclic) bond motifs is 3. The Bertz CT molecular complexity index is 1300. The first-order valence-corrected chi connectivity index (χ1v) is 14.6. The van der Waals surface area contributed by atoms with E-state index in [2.05, 4.69) is 27.0 Å². The number of piperidine rings is 1. The van der Waals surface area contributed by atoms with E-state index in [1.165, 1.54) is 36.9 Å². The lowest BCUT2D eigenvalue weighted by Crippen LogP contribution is -2.73. The summed E-state index contributed by atoms with van der Waals surface area (Å²) in [7, 11) is 5.59. The maximum atomic E-state index is 14.1. The molecule has 9 rings (SSSR count). The van der Waals surface area contributed by atoms with Crippen molar-refractivity contribution >= 4 is 6.03 Å². The summed E-state index contributed by atoms with van der Waals surface area (Å²) in [5.74, 6) is 2.70. The number of aryl methyl sites for hydroxylation is 1. The number of benzene rings is 1. The lowest BCUT2D eigenvalue weighted by molar-refractivity contribution is -0.129. The predicted octanol–water partition coefficient (Wildman–Crippen LogP) is 3.57. The molecule has 4 bridgehead atoms. The number of likely N-dealkylation sites (tertiary alicyclic amines) is 1. The maximum absolute atomic E-state index is 14.1. The fourth-order valence-electron chi connectivity index (χ4n) is 9.45. The molecule has 1 aromatic heterocycles. The van der Waals surface area contributed by atoms with Crippen LogP contribution in [-0.4, -0.2) is 82.5 Å². The number of ether oxygens (including phenoxy) is 2. The van der Waals surface area contributed by atoms with Crippen molar-refractivity contribution in [1.82, 2.24) is 24.5 Å². The van der Waals surface area contributed by atoms with Crippen LogP contribution in [0.5, 0.6) is 11.5 Å². The summed E-state index contributed by atoms with van der Waals surface area (Å²) in [5.41, 5.74) is 3.91. The van der Waals surface area contributed by atoms with Gasteiger partial charge in [-0.05, 0) is 75.1 Å². The summed E-state index contributed by atoms with van der Waals surface area (Å²) < 4.78 is 14.7. The van der Waals surface area contributed by atoms with Crippen molar-refractivity contribution in [3.05, 3.63) is 41.2 Å². The minimum absolute atomic E-state index is 0.0122. The van der Waals surface area contributed by atoms with Crippen molar-refractivity contribution in [2.24, 2.45) is 18.4 Å². The van der Waals surface area contributed by atoms with Gasteiger partial charge in [0.1, 0.15) is 6.10 Å². The number of carbonyl (C=O) groups excluding carboxylic acids is 1. The third-order valence-corrected chi connectivity index (χ3v) is 11.1. The average Bonchev–Trinajstić information content (AvgIpc) is 3.61. The van der Waals surface area contributed by atoms with Crippen LogP contribution in [0, 0.1) is 11.3 Å². The van der Waals surface area contributed by atoms with Gasteiger partial charge in [0, 0.05) is 55.8 Å². The lowest BCUT2D eigenvalue weighted by Gasteiger charge is -2.66. The summed E-state index contributed by atoms with van der Waals surface area (Å²) in [6.07, 6.45) is 10.1. The van der Waals surface area contributed by atoms with E-state index in [0.29, 0.717) is 12.6 Å². The summed E-state index contributed by atoms with van der Waals surface area (Å²) >= 11 is 0. The van der Waals surface area contributed by atoms with E-state index in [1.54, 1.807) is 11.8 Å².